The molecule has 2 aliphatic rings. The quantitative estimate of drug-likeness (QED) is 0.223. The summed E-state index contributed by atoms with van der Waals surface area (Å²) in [6.07, 6.45) is -2.38. The third kappa shape index (κ3) is 5.42. The van der Waals surface area contributed by atoms with Crippen molar-refractivity contribution in [1.29, 1.82) is 0 Å². The molecule has 240 valence electrons. The van der Waals surface area contributed by atoms with Crippen LogP contribution in [0.25, 0.3) is 22.4 Å². The number of pyridine rings is 1. The van der Waals surface area contributed by atoms with Crippen LogP contribution in [0, 0.1) is 12.7 Å². The maximum atomic E-state index is 14.7. The molecule has 46 heavy (non-hydrogen) atoms. The largest absolute Gasteiger partial charge is 0.490 e. The number of nitrogens with one attached hydrogen (secondary N) is 1. The molecule has 1 unspecified atom stereocenters. The van der Waals surface area contributed by atoms with Crippen molar-refractivity contribution in [2.75, 3.05) is 13.2 Å². The number of aliphatic hydroxyl groups is 1. The summed E-state index contributed by atoms with van der Waals surface area (Å²) in [5.41, 5.74) is 1.09. The van der Waals surface area contributed by atoms with E-state index >= 15 is 0 Å². The number of aryl methyl sites for hydroxylation is 1. The van der Waals surface area contributed by atoms with Gasteiger partial charge in [0, 0.05) is 27.8 Å². The zero-order valence-corrected chi connectivity index (χ0v) is 24.6. The molecule has 0 bridgehead atoms. The Labute approximate surface area is 259 Å². The summed E-state index contributed by atoms with van der Waals surface area (Å²) in [5, 5.41) is 17.3. The highest BCUT2D eigenvalue weighted by Gasteiger charge is 2.57. The van der Waals surface area contributed by atoms with E-state index in [2.05, 4.69) is 15.5 Å². The van der Waals surface area contributed by atoms with Crippen LogP contribution in [0.4, 0.5) is 17.6 Å². The second-order valence-corrected chi connectivity index (χ2v) is 11.6. The van der Waals surface area contributed by atoms with E-state index in [-0.39, 0.29) is 40.8 Å². The summed E-state index contributed by atoms with van der Waals surface area (Å²) < 4.78 is 74.6. The summed E-state index contributed by atoms with van der Waals surface area (Å²) >= 11 is 0. The van der Waals surface area contributed by atoms with Crippen LogP contribution in [0.5, 0.6) is 11.5 Å². The Morgan fingerprint density at radius 3 is 2.46 bits per heavy atom. The summed E-state index contributed by atoms with van der Waals surface area (Å²) in [5.74, 6) is -2.13. The summed E-state index contributed by atoms with van der Waals surface area (Å²) in [6.45, 7) is 1.47. The highest BCUT2D eigenvalue weighted by molar-refractivity contribution is 5.96. The molecule has 1 aliphatic carbocycles. The number of hydrogen-bond donors (Lipinski definition) is 3. The third-order valence-electron chi connectivity index (χ3n) is 8.23. The van der Waals surface area contributed by atoms with Crippen LogP contribution < -0.4 is 20.5 Å². The minimum Gasteiger partial charge on any atom is -0.490 e. The van der Waals surface area contributed by atoms with Crippen molar-refractivity contribution in [2.24, 2.45) is 5.73 Å². The minimum absolute atomic E-state index is 0.0263. The van der Waals surface area contributed by atoms with Gasteiger partial charge in [0.05, 0.1) is 24.0 Å². The molecule has 0 spiro atoms. The number of rotatable bonds is 9. The van der Waals surface area contributed by atoms with E-state index in [1.54, 1.807) is 13.0 Å². The molecule has 0 radical (unpaired) electrons. The van der Waals surface area contributed by atoms with Gasteiger partial charge >= 0.3 is 6.18 Å². The number of nitrogens with two attached hydrogens (primary N) is 1. The molecular formula is C32H28F4N4O6. The highest BCUT2D eigenvalue weighted by Crippen LogP contribution is 2.48. The Kier molecular flexibility index (Phi) is 7.50. The lowest BCUT2D eigenvalue weighted by Crippen LogP contribution is -2.51. The maximum absolute atomic E-state index is 14.7. The predicted molar refractivity (Wildman–Crippen MR) is 154 cm³/mol. The van der Waals surface area contributed by atoms with Crippen molar-refractivity contribution < 1.29 is 46.3 Å². The summed E-state index contributed by atoms with van der Waals surface area (Å²) in [4.78, 5) is 29.8. The van der Waals surface area contributed by atoms with Gasteiger partial charge in [-0.05, 0) is 75.2 Å². The van der Waals surface area contributed by atoms with E-state index in [0.29, 0.717) is 22.6 Å². The van der Waals surface area contributed by atoms with Crippen molar-refractivity contribution in [2.45, 2.75) is 50.0 Å². The van der Waals surface area contributed by atoms with E-state index in [1.807, 2.05) is 0 Å². The fourth-order valence-electron chi connectivity index (χ4n) is 5.15. The molecule has 2 aromatic heterocycles. The number of carbonyl (C=O) groups excluding carboxylic acids is 2. The summed E-state index contributed by atoms with van der Waals surface area (Å²) in [7, 11) is 0. The van der Waals surface area contributed by atoms with Crippen molar-refractivity contribution in [1.82, 2.24) is 15.5 Å². The lowest BCUT2D eigenvalue weighted by Gasteiger charge is -2.31. The van der Waals surface area contributed by atoms with Crippen LogP contribution in [0.3, 0.4) is 0 Å². The van der Waals surface area contributed by atoms with Crippen molar-refractivity contribution in [3.8, 4) is 33.9 Å². The first-order valence-electron chi connectivity index (χ1n) is 14.3. The smallest absolute Gasteiger partial charge is 0.424 e. The number of halogens is 4. The van der Waals surface area contributed by atoms with E-state index in [4.69, 9.17) is 19.7 Å². The van der Waals surface area contributed by atoms with Crippen LogP contribution in [0.15, 0.2) is 59.3 Å². The van der Waals surface area contributed by atoms with Gasteiger partial charge in [-0.25, -0.2) is 9.37 Å². The molecular weight excluding hydrogens is 612 g/mol. The van der Waals surface area contributed by atoms with Gasteiger partial charge in [0.15, 0.2) is 0 Å². The first-order chi connectivity index (χ1) is 21.7. The minimum atomic E-state index is -5.36. The van der Waals surface area contributed by atoms with Crippen molar-refractivity contribution in [3.63, 3.8) is 0 Å². The number of ether oxygens (including phenoxy) is 2. The van der Waals surface area contributed by atoms with Crippen LogP contribution in [0.1, 0.15) is 47.1 Å². The van der Waals surface area contributed by atoms with Crippen LogP contribution in [0.2, 0.25) is 0 Å². The lowest BCUT2D eigenvalue weighted by atomic mass is 9.81. The Morgan fingerprint density at radius 1 is 1.13 bits per heavy atom. The monoisotopic (exact) mass is 640 g/mol. The molecule has 2 amide bonds. The summed E-state index contributed by atoms with van der Waals surface area (Å²) in [6, 6.07) is 9.96. The number of nitrogens with zero attached hydrogens (tertiary/aromatic N) is 2. The number of primary amides is 1. The van der Waals surface area contributed by atoms with Crippen LogP contribution >= 0.6 is 0 Å². The SMILES string of the molecule is Cc1nocc1-c1ccc(C(=O)NCC(O)(c2cc3c(c(-c4ccc(F)cc4)n2)OC[C@]3(C)C(N)=O)C(F)(F)F)cc1OC1CC1. The van der Waals surface area contributed by atoms with E-state index in [9.17, 15) is 32.3 Å². The second-order valence-electron chi connectivity index (χ2n) is 11.6. The van der Waals surface area contributed by atoms with E-state index < -0.39 is 47.1 Å². The molecule has 6 rings (SSSR count). The number of benzene rings is 2. The normalized spacial score (nSPS) is 18.8. The number of alkyl halides is 3. The van der Waals surface area contributed by atoms with Gasteiger partial charge in [0.1, 0.15) is 41.3 Å². The number of amides is 2. The fourth-order valence-corrected chi connectivity index (χ4v) is 5.15. The van der Waals surface area contributed by atoms with Gasteiger partial charge in [-0.1, -0.05) is 5.16 Å². The standard InChI is InChI=1S/C32H28F4N4O6/c1-16-22(13-45-40-16)21-10-5-18(11-24(21)46-20-8-9-20)28(41)38-14-31(43,32(34,35)36)25-12-23-27(44-15-30(23,2)29(37)42)26(39-25)17-3-6-19(33)7-4-17/h3-7,10-13,20,43H,8-9,14-15H2,1-2H3,(H2,37,42)(H,38,41)/t30-,31?/m0/s1. The number of hydrogen-bond acceptors (Lipinski definition) is 8. The number of carbonyl (C=O) groups is 2. The molecule has 2 aromatic carbocycles. The van der Waals surface area contributed by atoms with E-state index in [1.165, 1.54) is 37.5 Å². The maximum Gasteiger partial charge on any atom is 0.424 e. The van der Waals surface area contributed by atoms with Gasteiger partial charge in [0.2, 0.25) is 11.5 Å². The predicted octanol–water partition coefficient (Wildman–Crippen LogP) is 4.71. The zero-order valence-electron chi connectivity index (χ0n) is 24.6. The molecule has 4 aromatic rings. The third-order valence-corrected chi connectivity index (χ3v) is 8.23. The average molecular weight is 641 g/mol. The zero-order chi connectivity index (χ0) is 33.0. The Balaban J connectivity index is 1.37. The molecule has 1 fully saturated rings. The fraction of sp³-hybridized carbons (Fsp3) is 0.312. The highest BCUT2D eigenvalue weighted by atomic mass is 19.4. The van der Waals surface area contributed by atoms with Gasteiger partial charge in [-0.2, -0.15) is 13.2 Å². The van der Waals surface area contributed by atoms with Crippen LogP contribution in [-0.2, 0) is 15.8 Å². The van der Waals surface area contributed by atoms with E-state index in [0.717, 1.165) is 31.0 Å². The molecule has 4 N–H and O–H groups in total. The molecule has 2 atom stereocenters. The molecule has 14 heteroatoms. The van der Waals surface area contributed by atoms with Gasteiger partial charge in [-0.15, -0.1) is 0 Å². The first kappa shape index (κ1) is 31.0. The Hall–Kier alpha value is -4.98. The van der Waals surface area contributed by atoms with Crippen LogP contribution in [-0.4, -0.2) is 52.5 Å². The number of fused-ring (bicyclic) bond motifs is 1. The second kappa shape index (κ2) is 11.1. The molecule has 10 nitrogen and oxygen atoms in total. The van der Waals surface area contributed by atoms with Gasteiger partial charge in [-0.3, -0.25) is 9.59 Å². The van der Waals surface area contributed by atoms with Crippen molar-refractivity contribution >= 4 is 11.8 Å². The van der Waals surface area contributed by atoms with Gasteiger partial charge in [0.25, 0.3) is 5.91 Å². The van der Waals surface area contributed by atoms with Crippen molar-refractivity contribution in [3.05, 3.63) is 83.1 Å². The van der Waals surface area contributed by atoms with Gasteiger partial charge < -0.3 is 30.2 Å². The number of aromatic nitrogens is 2. The molecule has 3 heterocycles. The lowest BCUT2D eigenvalue weighted by molar-refractivity contribution is -0.265. The first-order valence-corrected chi connectivity index (χ1v) is 14.3. The molecule has 1 aliphatic heterocycles. The molecule has 0 saturated heterocycles. The molecule has 1 saturated carbocycles. The average Bonchev–Trinajstić information content (AvgIpc) is 3.62. The topological polar surface area (TPSA) is 150 Å². The Morgan fingerprint density at radius 2 is 1.85 bits per heavy atom. The Bertz CT molecular complexity index is 1840.